The van der Waals surface area contributed by atoms with Gasteiger partial charge in [0, 0.05) is 12.2 Å². The van der Waals surface area contributed by atoms with Gasteiger partial charge in [-0.05, 0) is 66.7 Å². The van der Waals surface area contributed by atoms with Crippen LogP contribution in [0.15, 0.2) is 24.3 Å². The van der Waals surface area contributed by atoms with Crippen LogP contribution in [0.2, 0.25) is 0 Å². The van der Waals surface area contributed by atoms with E-state index in [9.17, 15) is 9.59 Å². The number of imide groups is 1. The van der Waals surface area contributed by atoms with Crippen molar-refractivity contribution in [2.75, 3.05) is 0 Å². The lowest BCUT2D eigenvalue weighted by molar-refractivity contribution is -0.139. The molecule has 2 aliphatic rings. The number of unbranched alkanes of at least 4 members (excludes halogenated alkanes) is 3. The number of aryl methyl sites for hydroxylation is 2. The van der Waals surface area contributed by atoms with Gasteiger partial charge in [-0.3, -0.25) is 14.5 Å². The lowest BCUT2D eigenvalue weighted by Gasteiger charge is -2.24. The van der Waals surface area contributed by atoms with Crippen molar-refractivity contribution in [1.82, 2.24) is 4.90 Å². The molecule has 0 saturated carbocycles. The molecule has 0 aromatic heterocycles. The first kappa shape index (κ1) is 20.8. The van der Waals surface area contributed by atoms with Gasteiger partial charge in [-0.1, -0.05) is 58.6 Å². The van der Waals surface area contributed by atoms with E-state index in [1.54, 1.807) is 0 Å². The van der Waals surface area contributed by atoms with Gasteiger partial charge in [-0.2, -0.15) is 0 Å². The van der Waals surface area contributed by atoms with Crippen LogP contribution in [0.4, 0.5) is 0 Å². The zero-order valence-electron chi connectivity index (χ0n) is 17.8. The summed E-state index contributed by atoms with van der Waals surface area (Å²) in [6.07, 6.45) is 14.2. The molecule has 1 aliphatic carbocycles. The molecule has 2 atom stereocenters. The van der Waals surface area contributed by atoms with Crippen molar-refractivity contribution in [3.8, 4) is 0 Å². The molecule has 0 unspecified atom stereocenters. The molecule has 3 rings (SSSR count). The Hall–Kier alpha value is -1.90. The highest BCUT2D eigenvalue weighted by atomic mass is 16.2. The molecular weight excluding hydrogens is 346 g/mol. The third kappa shape index (κ3) is 4.24. The number of hydrogen-bond donors (Lipinski definition) is 0. The topological polar surface area (TPSA) is 37.4 Å². The van der Waals surface area contributed by atoms with Gasteiger partial charge in [0.15, 0.2) is 0 Å². The quantitative estimate of drug-likeness (QED) is 0.465. The Balaban J connectivity index is 2.03. The van der Waals surface area contributed by atoms with Crippen LogP contribution < -0.4 is 0 Å². The van der Waals surface area contributed by atoms with Crippen molar-refractivity contribution < 1.29 is 9.59 Å². The Morgan fingerprint density at radius 2 is 1.54 bits per heavy atom. The van der Waals surface area contributed by atoms with Crippen LogP contribution in [0, 0.1) is 0 Å². The largest absolute Gasteiger partial charge is 0.269 e. The van der Waals surface area contributed by atoms with Gasteiger partial charge in [0.2, 0.25) is 0 Å². The van der Waals surface area contributed by atoms with E-state index >= 15 is 0 Å². The van der Waals surface area contributed by atoms with E-state index in [-0.39, 0.29) is 17.9 Å². The van der Waals surface area contributed by atoms with Crippen molar-refractivity contribution in [2.45, 2.75) is 96.9 Å². The minimum absolute atomic E-state index is 0.0891. The van der Waals surface area contributed by atoms with Crippen molar-refractivity contribution in [1.29, 1.82) is 0 Å². The fraction of sp³-hybridized carbons (Fsp3) is 0.600. The van der Waals surface area contributed by atoms with E-state index in [1.165, 1.54) is 77.8 Å². The maximum absolute atomic E-state index is 12.4. The van der Waals surface area contributed by atoms with Gasteiger partial charge in [0.1, 0.15) is 0 Å². The molecule has 0 bridgehead atoms. The maximum Gasteiger partial charge on any atom is 0.254 e. The van der Waals surface area contributed by atoms with Crippen LogP contribution in [0.25, 0.3) is 0 Å². The van der Waals surface area contributed by atoms with E-state index in [0.717, 1.165) is 25.7 Å². The molecule has 1 heterocycles. The molecule has 152 valence electrons. The summed E-state index contributed by atoms with van der Waals surface area (Å²) in [4.78, 5) is 26.4. The number of carbonyl (C=O) groups is 2. The van der Waals surface area contributed by atoms with E-state index < -0.39 is 0 Å². The summed E-state index contributed by atoms with van der Waals surface area (Å²) in [6.45, 7) is 6.70. The van der Waals surface area contributed by atoms with E-state index in [2.05, 4.69) is 32.9 Å². The molecule has 2 amide bonds. The Morgan fingerprint density at radius 3 is 2.18 bits per heavy atom. The van der Waals surface area contributed by atoms with E-state index in [1.807, 2.05) is 0 Å². The number of hydrogen-bond acceptors (Lipinski definition) is 2. The SMILES string of the molecule is CCCCc1cc(CCCC)c2c(c1)[C@@H](N1C(=O)C=CC1=O)C[C@@H]2CCCC. The summed E-state index contributed by atoms with van der Waals surface area (Å²) in [6, 6.07) is 4.65. The van der Waals surface area contributed by atoms with Crippen LogP contribution in [-0.4, -0.2) is 16.7 Å². The van der Waals surface area contributed by atoms with E-state index in [4.69, 9.17) is 0 Å². The molecule has 1 aromatic carbocycles. The van der Waals surface area contributed by atoms with Gasteiger partial charge in [-0.15, -0.1) is 0 Å². The molecule has 0 fully saturated rings. The molecule has 0 N–H and O–H groups in total. The molecule has 0 radical (unpaired) electrons. The Morgan fingerprint density at radius 1 is 0.893 bits per heavy atom. The van der Waals surface area contributed by atoms with Crippen molar-refractivity contribution in [3.05, 3.63) is 46.5 Å². The fourth-order valence-electron chi connectivity index (χ4n) is 4.87. The predicted molar refractivity (Wildman–Crippen MR) is 114 cm³/mol. The number of amides is 2. The normalized spacial score (nSPS) is 21.0. The first-order valence-corrected chi connectivity index (χ1v) is 11.3. The van der Waals surface area contributed by atoms with Gasteiger partial charge in [0.25, 0.3) is 11.8 Å². The third-order valence-corrected chi connectivity index (χ3v) is 6.31. The van der Waals surface area contributed by atoms with Crippen LogP contribution in [0.3, 0.4) is 0 Å². The smallest absolute Gasteiger partial charge is 0.254 e. The maximum atomic E-state index is 12.4. The molecule has 0 saturated heterocycles. The zero-order chi connectivity index (χ0) is 20.1. The number of benzene rings is 1. The summed E-state index contributed by atoms with van der Waals surface area (Å²) in [5.74, 6) is 0.172. The van der Waals surface area contributed by atoms with E-state index in [0.29, 0.717) is 5.92 Å². The minimum Gasteiger partial charge on any atom is -0.269 e. The second-order valence-electron chi connectivity index (χ2n) is 8.44. The second kappa shape index (κ2) is 9.54. The van der Waals surface area contributed by atoms with Crippen LogP contribution in [-0.2, 0) is 22.4 Å². The molecule has 1 aliphatic heterocycles. The molecular formula is C25H35NO2. The fourth-order valence-corrected chi connectivity index (χ4v) is 4.87. The lowest BCUT2D eigenvalue weighted by atomic mass is 9.87. The molecule has 1 aromatic rings. The average Bonchev–Trinajstić information content (AvgIpc) is 3.22. The molecule has 3 nitrogen and oxygen atoms in total. The standard InChI is InChI=1S/C25H35NO2/c1-4-7-10-18-15-19(11-8-5-2)25-20(12-9-6-3)17-22(21(25)16-18)26-23(27)13-14-24(26)28/h13-16,20,22H,4-12,17H2,1-3H3/t20-,22-/m0/s1. The second-order valence-corrected chi connectivity index (χ2v) is 8.44. The summed E-state index contributed by atoms with van der Waals surface area (Å²) in [5, 5.41) is 0. The number of nitrogens with zero attached hydrogens (tertiary/aromatic N) is 1. The highest BCUT2D eigenvalue weighted by Gasteiger charge is 2.41. The first-order valence-electron chi connectivity index (χ1n) is 11.3. The molecule has 3 heteroatoms. The van der Waals surface area contributed by atoms with Gasteiger partial charge >= 0.3 is 0 Å². The summed E-state index contributed by atoms with van der Waals surface area (Å²) in [5.41, 5.74) is 5.56. The Kier molecular flexibility index (Phi) is 7.09. The summed E-state index contributed by atoms with van der Waals surface area (Å²) in [7, 11) is 0. The first-order chi connectivity index (χ1) is 13.6. The number of rotatable bonds is 10. The summed E-state index contributed by atoms with van der Waals surface area (Å²) < 4.78 is 0. The highest BCUT2D eigenvalue weighted by molar-refractivity contribution is 6.13. The predicted octanol–water partition coefficient (Wildman–Crippen LogP) is 6.02. The van der Waals surface area contributed by atoms with Gasteiger partial charge in [-0.25, -0.2) is 0 Å². The van der Waals surface area contributed by atoms with Crippen molar-refractivity contribution >= 4 is 11.8 Å². The number of fused-ring (bicyclic) bond motifs is 1. The highest BCUT2D eigenvalue weighted by Crippen LogP contribution is 2.49. The van der Waals surface area contributed by atoms with Crippen LogP contribution in [0.1, 0.15) is 106 Å². The van der Waals surface area contributed by atoms with Gasteiger partial charge < -0.3 is 0 Å². The summed E-state index contributed by atoms with van der Waals surface area (Å²) >= 11 is 0. The van der Waals surface area contributed by atoms with Crippen LogP contribution >= 0.6 is 0 Å². The Bertz CT molecular complexity index is 731. The minimum atomic E-state index is -0.147. The van der Waals surface area contributed by atoms with Gasteiger partial charge in [0.05, 0.1) is 6.04 Å². The molecule has 0 spiro atoms. The van der Waals surface area contributed by atoms with Crippen molar-refractivity contribution in [3.63, 3.8) is 0 Å². The van der Waals surface area contributed by atoms with Crippen LogP contribution in [0.5, 0.6) is 0 Å². The monoisotopic (exact) mass is 381 g/mol. The Labute approximate surface area is 170 Å². The lowest BCUT2D eigenvalue weighted by Crippen LogP contribution is -2.33. The number of carbonyl (C=O) groups excluding carboxylic acids is 2. The molecule has 28 heavy (non-hydrogen) atoms. The van der Waals surface area contributed by atoms with Crippen molar-refractivity contribution in [2.24, 2.45) is 0 Å². The zero-order valence-corrected chi connectivity index (χ0v) is 17.8. The third-order valence-electron chi connectivity index (χ3n) is 6.31. The average molecular weight is 382 g/mol.